The van der Waals surface area contributed by atoms with Crippen molar-refractivity contribution in [1.82, 2.24) is 25.0 Å². The minimum Gasteiger partial charge on any atom is -0.333 e. The van der Waals surface area contributed by atoms with Crippen LogP contribution in [0.4, 0.5) is 0 Å². The number of hydrogen-bond donors (Lipinski definition) is 1. The quantitative estimate of drug-likeness (QED) is 0.711. The molecule has 0 bridgehead atoms. The van der Waals surface area contributed by atoms with Gasteiger partial charge in [0.2, 0.25) is 5.91 Å². The zero-order valence-corrected chi connectivity index (χ0v) is 9.96. The highest BCUT2D eigenvalue weighted by Gasteiger charge is 2.34. The molecule has 6 heteroatoms. The summed E-state index contributed by atoms with van der Waals surface area (Å²) in [7, 11) is 0. The largest absolute Gasteiger partial charge is 0.333 e. The Balaban J connectivity index is 1.72. The molecule has 2 unspecified atom stereocenters. The minimum atomic E-state index is 0.129. The van der Waals surface area contributed by atoms with Crippen LogP contribution in [0.15, 0.2) is 6.33 Å². The van der Waals surface area contributed by atoms with E-state index in [-0.39, 0.29) is 11.8 Å². The van der Waals surface area contributed by atoms with Gasteiger partial charge in [0.25, 0.3) is 0 Å². The van der Waals surface area contributed by atoms with E-state index in [1.807, 2.05) is 9.47 Å². The average Bonchev–Trinajstić information content (AvgIpc) is 2.95. The lowest BCUT2D eigenvalue weighted by Gasteiger charge is -2.30. The van der Waals surface area contributed by atoms with Gasteiger partial charge in [-0.3, -0.25) is 4.79 Å². The van der Waals surface area contributed by atoms with Crippen LogP contribution < -0.4 is 5.32 Å². The van der Waals surface area contributed by atoms with Crippen LogP contribution in [-0.2, 0) is 17.9 Å². The predicted octanol–water partition coefficient (Wildman–Crippen LogP) is -0.524. The molecule has 0 aliphatic carbocycles. The fraction of sp³-hybridized carbons (Fsp3) is 0.727. The molecule has 0 radical (unpaired) electrons. The standard InChI is InChI=1S/C11H17N5O/c1-8-4-12-5-9(8)11(17)15-2-3-16-7-13-14-10(16)6-15/h7-9,12H,2-6H2,1H3. The van der Waals surface area contributed by atoms with Gasteiger partial charge < -0.3 is 14.8 Å². The average molecular weight is 235 g/mol. The first-order valence-electron chi connectivity index (χ1n) is 6.12. The third kappa shape index (κ3) is 1.82. The Morgan fingerprint density at radius 3 is 3.12 bits per heavy atom. The number of rotatable bonds is 1. The monoisotopic (exact) mass is 235 g/mol. The van der Waals surface area contributed by atoms with Gasteiger partial charge in [0.05, 0.1) is 12.5 Å². The highest BCUT2D eigenvalue weighted by atomic mass is 16.2. The second kappa shape index (κ2) is 4.10. The Morgan fingerprint density at radius 1 is 1.47 bits per heavy atom. The molecule has 1 aromatic rings. The first-order chi connectivity index (χ1) is 8.25. The van der Waals surface area contributed by atoms with Crippen LogP contribution in [0.1, 0.15) is 12.7 Å². The zero-order valence-electron chi connectivity index (χ0n) is 9.96. The van der Waals surface area contributed by atoms with E-state index in [0.717, 1.165) is 32.0 Å². The minimum absolute atomic E-state index is 0.129. The lowest BCUT2D eigenvalue weighted by molar-refractivity contribution is -0.137. The lowest BCUT2D eigenvalue weighted by Crippen LogP contribution is -2.43. The Bertz CT molecular complexity index is 429. The smallest absolute Gasteiger partial charge is 0.227 e. The highest BCUT2D eigenvalue weighted by Crippen LogP contribution is 2.21. The summed E-state index contributed by atoms with van der Waals surface area (Å²) in [6.07, 6.45) is 1.73. The molecule has 6 nitrogen and oxygen atoms in total. The molecule has 1 saturated heterocycles. The Morgan fingerprint density at radius 2 is 2.35 bits per heavy atom. The second-order valence-corrected chi connectivity index (χ2v) is 4.94. The first kappa shape index (κ1) is 10.7. The number of nitrogens with zero attached hydrogens (tertiary/aromatic N) is 4. The number of aromatic nitrogens is 3. The van der Waals surface area contributed by atoms with E-state index < -0.39 is 0 Å². The van der Waals surface area contributed by atoms with E-state index in [1.54, 1.807) is 6.33 Å². The van der Waals surface area contributed by atoms with Crippen molar-refractivity contribution >= 4 is 5.91 Å². The molecular weight excluding hydrogens is 218 g/mol. The molecule has 3 rings (SSSR count). The first-order valence-corrected chi connectivity index (χ1v) is 6.12. The molecule has 3 heterocycles. The predicted molar refractivity (Wildman–Crippen MR) is 61.0 cm³/mol. The summed E-state index contributed by atoms with van der Waals surface area (Å²) in [5.74, 6) is 1.71. The van der Waals surface area contributed by atoms with Gasteiger partial charge in [-0.15, -0.1) is 10.2 Å². The molecule has 0 spiro atoms. The maximum atomic E-state index is 12.4. The third-order valence-corrected chi connectivity index (χ3v) is 3.79. The number of amides is 1. The Labute approximate surface area is 100 Å². The van der Waals surface area contributed by atoms with Crippen LogP contribution in [0.2, 0.25) is 0 Å². The SMILES string of the molecule is CC1CNCC1C(=O)N1CCn2cnnc2C1. The summed E-state index contributed by atoms with van der Waals surface area (Å²) >= 11 is 0. The number of fused-ring (bicyclic) bond motifs is 1. The van der Waals surface area contributed by atoms with Crippen molar-refractivity contribution in [3.8, 4) is 0 Å². The number of nitrogens with one attached hydrogen (secondary N) is 1. The molecule has 17 heavy (non-hydrogen) atoms. The zero-order chi connectivity index (χ0) is 11.8. The molecule has 2 aliphatic rings. The Hall–Kier alpha value is -1.43. The van der Waals surface area contributed by atoms with Crippen LogP contribution in [0.3, 0.4) is 0 Å². The summed E-state index contributed by atoms with van der Waals surface area (Å²) in [6.45, 7) is 6.07. The topological polar surface area (TPSA) is 63.1 Å². The van der Waals surface area contributed by atoms with Gasteiger partial charge >= 0.3 is 0 Å². The van der Waals surface area contributed by atoms with Gasteiger partial charge in [-0.25, -0.2) is 0 Å². The van der Waals surface area contributed by atoms with Gasteiger partial charge in [0.15, 0.2) is 5.82 Å². The van der Waals surface area contributed by atoms with Crippen molar-refractivity contribution in [2.45, 2.75) is 20.0 Å². The van der Waals surface area contributed by atoms with E-state index in [2.05, 4.69) is 22.4 Å². The van der Waals surface area contributed by atoms with E-state index in [4.69, 9.17) is 0 Å². The molecule has 92 valence electrons. The number of hydrogen-bond acceptors (Lipinski definition) is 4. The molecular formula is C11H17N5O. The van der Waals surface area contributed by atoms with Gasteiger partial charge in [-0.05, 0) is 12.5 Å². The number of carbonyl (C=O) groups is 1. The molecule has 1 amide bonds. The van der Waals surface area contributed by atoms with Gasteiger partial charge in [0, 0.05) is 19.6 Å². The van der Waals surface area contributed by atoms with Crippen molar-refractivity contribution in [2.75, 3.05) is 19.6 Å². The normalized spacial score (nSPS) is 28.2. The van der Waals surface area contributed by atoms with Crippen LogP contribution in [0, 0.1) is 11.8 Å². The molecule has 2 aliphatic heterocycles. The van der Waals surface area contributed by atoms with Gasteiger partial charge in [0.1, 0.15) is 6.33 Å². The fourth-order valence-electron chi connectivity index (χ4n) is 2.63. The molecule has 1 fully saturated rings. The summed E-state index contributed by atoms with van der Waals surface area (Å²) in [5, 5.41) is 11.2. The van der Waals surface area contributed by atoms with Gasteiger partial charge in [-0.1, -0.05) is 6.92 Å². The van der Waals surface area contributed by atoms with E-state index in [1.165, 1.54) is 0 Å². The van der Waals surface area contributed by atoms with Gasteiger partial charge in [-0.2, -0.15) is 0 Å². The lowest BCUT2D eigenvalue weighted by atomic mass is 9.96. The summed E-state index contributed by atoms with van der Waals surface area (Å²) in [4.78, 5) is 14.3. The summed E-state index contributed by atoms with van der Waals surface area (Å²) in [5.41, 5.74) is 0. The number of carbonyl (C=O) groups excluding carboxylic acids is 1. The van der Waals surface area contributed by atoms with E-state index in [0.29, 0.717) is 12.5 Å². The molecule has 0 aromatic carbocycles. The van der Waals surface area contributed by atoms with Crippen molar-refractivity contribution < 1.29 is 4.79 Å². The van der Waals surface area contributed by atoms with Crippen LogP contribution in [0.5, 0.6) is 0 Å². The van der Waals surface area contributed by atoms with Crippen LogP contribution >= 0.6 is 0 Å². The van der Waals surface area contributed by atoms with Crippen molar-refractivity contribution in [3.05, 3.63) is 12.2 Å². The third-order valence-electron chi connectivity index (χ3n) is 3.79. The van der Waals surface area contributed by atoms with Crippen LogP contribution in [0.25, 0.3) is 0 Å². The van der Waals surface area contributed by atoms with Crippen LogP contribution in [-0.4, -0.2) is 45.2 Å². The Kier molecular flexibility index (Phi) is 2.58. The molecule has 1 N–H and O–H groups in total. The maximum Gasteiger partial charge on any atom is 0.227 e. The summed E-state index contributed by atoms with van der Waals surface area (Å²) in [6, 6.07) is 0. The second-order valence-electron chi connectivity index (χ2n) is 4.94. The molecule has 1 aromatic heterocycles. The van der Waals surface area contributed by atoms with Crippen molar-refractivity contribution in [1.29, 1.82) is 0 Å². The maximum absolute atomic E-state index is 12.4. The molecule has 0 saturated carbocycles. The summed E-state index contributed by atoms with van der Waals surface area (Å²) < 4.78 is 2.01. The fourth-order valence-corrected chi connectivity index (χ4v) is 2.63. The van der Waals surface area contributed by atoms with Crippen molar-refractivity contribution in [3.63, 3.8) is 0 Å². The van der Waals surface area contributed by atoms with E-state index >= 15 is 0 Å². The van der Waals surface area contributed by atoms with E-state index in [9.17, 15) is 4.79 Å². The van der Waals surface area contributed by atoms with Crippen molar-refractivity contribution in [2.24, 2.45) is 11.8 Å². The highest BCUT2D eigenvalue weighted by molar-refractivity contribution is 5.79. The molecule has 2 atom stereocenters.